The van der Waals surface area contributed by atoms with Crippen LogP contribution in [0.15, 0.2) is 22.6 Å². The molecule has 2 heterocycles. The lowest BCUT2D eigenvalue weighted by molar-refractivity contribution is 0.0525. The predicted molar refractivity (Wildman–Crippen MR) is 97.6 cm³/mol. The molecule has 1 amide bonds. The zero-order chi connectivity index (χ0) is 18.8. The zero-order valence-corrected chi connectivity index (χ0v) is 15.2. The van der Waals surface area contributed by atoms with Crippen LogP contribution in [0, 0.1) is 13.8 Å². The molecule has 2 aromatic heterocycles. The van der Waals surface area contributed by atoms with Crippen LogP contribution in [-0.4, -0.2) is 28.5 Å². The van der Waals surface area contributed by atoms with Gasteiger partial charge < -0.3 is 19.5 Å². The molecule has 0 radical (unpaired) electrons. The molecule has 1 aromatic carbocycles. The van der Waals surface area contributed by atoms with Gasteiger partial charge in [0.05, 0.1) is 12.2 Å². The molecule has 0 atom stereocenters. The Morgan fingerprint density at radius 3 is 2.73 bits per heavy atom. The summed E-state index contributed by atoms with van der Waals surface area (Å²) in [6.07, 6.45) is 0.702. The topological polar surface area (TPSA) is 97.2 Å². The van der Waals surface area contributed by atoms with Gasteiger partial charge in [0.25, 0.3) is 5.91 Å². The van der Waals surface area contributed by atoms with Crippen LogP contribution >= 0.6 is 0 Å². The molecule has 0 bridgehead atoms. The fourth-order valence-electron chi connectivity index (χ4n) is 2.88. The number of aryl methyl sites for hydroxylation is 2. The summed E-state index contributed by atoms with van der Waals surface area (Å²) in [5, 5.41) is 2.83. The Balaban J connectivity index is 1.86. The van der Waals surface area contributed by atoms with Gasteiger partial charge in [-0.25, -0.2) is 9.78 Å². The van der Waals surface area contributed by atoms with Gasteiger partial charge in [-0.15, -0.1) is 0 Å². The number of esters is 1. The molecule has 0 aliphatic rings. The van der Waals surface area contributed by atoms with Crippen LogP contribution in [0.1, 0.15) is 51.8 Å². The number of amides is 1. The second-order valence-corrected chi connectivity index (χ2v) is 5.94. The molecule has 3 aromatic rings. The molecule has 0 unspecified atom stereocenters. The van der Waals surface area contributed by atoms with Gasteiger partial charge in [0.15, 0.2) is 11.5 Å². The Labute approximate surface area is 150 Å². The first-order valence-corrected chi connectivity index (χ1v) is 8.51. The van der Waals surface area contributed by atoms with Crippen LogP contribution in [0.3, 0.4) is 0 Å². The molecule has 0 aliphatic carbocycles. The van der Waals surface area contributed by atoms with E-state index in [9.17, 15) is 9.59 Å². The summed E-state index contributed by atoms with van der Waals surface area (Å²) in [6, 6.07) is 5.28. The van der Waals surface area contributed by atoms with Crippen molar-refractivity contribution in [2.75, 3.05) is 11.9 Å². The lowest BCUT2D eigenvalue weighted by atomic mass is 10.1. The van der Waals surface area contributed by atoms with Crippen molar-refractivity contribution in [3.63, 3.8) is 0 Å². The molecule has 26 heavy (non-hydrogen) atoms. The summed E-state index contributed by atoms with van der Waals surface area (Å²) in [4.78, 5) is 32.0. The number of aromatic amines is 1. The summed E-state index contributed by atoms with van der Waals surface area (Å²) >= 11 is 0. The van der Waals surface area contributed by atoms with Crippen LogP contribution in [0.2, 0.25) is 0 Å². The second-order valence-electron chi connectivity index (χ2n) is 5.94. The molecule has 0 saturated carbocycles. The van der Waals surface area contributed by atoms with Crippen LogP contribution in [-0.2, 0) is 11.2 Å². The van der Waals surface area contributed by atoms with E-state index >= 15 is 0 Å². The average Bonchev–Trinajstić information content (AvgIpc) is 3.14. The molecular formula is C19H21N3O4. The molecule has 7 nitrogen and oxygen atoms in total. The van der Waals surface area contributed by atoms with Gasteiger partial charge in [0, 0.05) is 17.8 Å². The molecule has 7 heteroatoms. The smallest absolute Gasteiger partial charge is 0.340 e. The van der Waals surface area contributed by atoms with Crippen molar-refractivity contribution in [1.82, 2.24) is 9.97 Å². The molecule has 0 spiro atoms. The molecule has 136 valence electrons. The molecule has 2 N–H and O–H groups in total. The van der Waals surface area contributed by atoms with E-state index in [2.05, 4.69) is 15.3 Å². The number of hydrogen-bond acceptors (Lipinski definition) is 5. The first-order valence-electron chi connectivity index (χ1n) is 8.51. The van der Waals surface area contributed by atoms with Crippen molar-refractivity contribution in [2.24, 2.45) is 0 Å². The number of oxazole rings is 1. The lowest BCUT2D eigenvalue weighted by Gasteiger charge is -2.05. The van der Waals surface area contributed by atoms with Gasteiger partial charge in [-0.05, 0) is 44.5 Å². The van der Waals surface area contributed by atoms with Gasteiger partial charge in [-0.1, -0.05) is 6.92 Å². The lowest BCUT2D eigenvalue weighted by Crippen LogP contribution is -2.14. The van der Waals surface area contributed by atoms with Crippen molar-refractivity contribution in [3.8, 4) is 0 Å². The molecule has 0 aliphatic heterocycles. The van der Waals surface area contributed by atoms with Gasteiger partial charge >= 0.3 is 5.97 Å². The quantitative estimate of drug-likeness (QED) is 0.679. The monoisotopic (exact) mass is 355 g/mol. The van der Waals surface area contributed by atoms with Crippen LogP contribution < -0.4 is 5.32 Å². The Morgan fingerprint density at radius 2 is 2.04 bits per heavy atom. The molecule has 3 rings (SSSR count). The second kappa shape index (κ2) is 7.03. The predicted octanol–water partition coefficient (Wildman–Crippen LogP) is 3.76. The minimum absolute atomic E-state index is 0.280. The molecular weight excluding hydrogens is 334 g/mol. The van der Waals surface area contributed by atoms with Crippen LogP contribution in [0.25, 0.3) is 11.1 Å². The number of fused-ring (bicyclic) bond motifs is 1. The Bertz CT molecular complexity index is 984. The fraction of sp³-hybridized carbons (Fsp3) is 0.316. The van der Waals surface area contributed by atoms with Gasteiger partial charge in [0.1, 0.15) is 11.2 Å². The van der Waals surface area contributed by atoms with E-state index in [1.54, 1.807) is 39.0 Å². The highest BCUT2D eigenvalue weighted by molar-refractivity contribution is 6.07. The number of nitrogens with zero attached hydrogens (tertiary/aromatic N) is 1. The maximum Gasteiger partial charge on any atom is 0.340 e. The van der Waals surface area contributed by atoms with E-state index in [1.807, 2.05) is 6.92 Å². The highest BCUT2D eigenvalue weighted by Crippen LogP contribution is 2.23. The van der Waals surface area contributed by atoms with Crippen molar-refractivity contribution in [1.29, 1.82) is 0 Å². The summed E-state index contributed by atoms with van der Waals surface area (Å²) in [7, 11) is 0. The van der Waals surface area contributed by atoms with Gasteiger partial charge in [-0.3, -0.25) is 4.79 Å². The largest absolute Gasteiger partial charge is 0.462 e. The number of hydrogen-bond donors (Lipinski definition) is 2. The minimum atomic E-state index is -0.436. The highest BCUT2D eigenvalue weighted by Gasteiger charge is 2.23. The fourth-order valence-corrected chi connectivity index (χ4v) is 2.88. The third kappa shape index (κ3) is 3.20. The van der Waals surface area contributed by atoms with Gasteiger partial charge in [-0.2, -0.15) is 0 Å². The maximum atomic E-state index is 12.6. The Kier molecular flexibility index (Phi) is 4.79. The van der Waals surface area contributed by atoms with Crippen molar-refractivity contribution >= 4 is 28.7 Å². The zero-order valence-electron chi connectivity index (χ0n) is 15.2. The summed E-state index contributed by atoms with van der Waals surface area (Å²) in [5.74, 6) is -0.119. The Morgan fingerprint density at radius 1 is 1.27 bits per heavy atom. The minimum Gasteiger partial charge on any atom is -0.462 e. The SMILES string of the molecule is CCOC(=O)c1c(C)[nH]c(C(=O)Nc2ccc3oc(CC)nc3c2)c1C. The number of carbonyl (C=O) groups is 2. The van der Waals surface area contributed by atoms with E-state index < -0.39 is 5.97 Å². The van der Waals surface area contributed by atoms with Crippen molar-refractivity contribution in [2.45, 2.75) is 34.1 Å². The normalized spacial score (nSPS) is 10.9. The summed E-state index contributed by atoms with van der Waals surface area (Å²) < 4.78 is 10.6. The highest BCUT2D eigenvalue weighted by atomic mass is 16.5. The number of ether oxygens (including phenoxy) is 1. The van der Waals surface area contributed by atoms with E-state index in [1.165, 1.54) is 0 Å². The number of aromatic nitrogens is 2. The van der Waals surface area contributed by atoms with E-state index in [4.69, 9.17) is 9.15 Å². The van der Waals surface area contributed by atoms with Crippen LogP contribution in [0.5, 0.6) is 0 Å². The first-order chi connectivity index (χ1) is 12.4. The van der Waals surface area contributed by atoms with Gasteiger partial charge in [0.2, 0.25) is 0 Å². The number of nitrogens with one attached hydrogen (secondary N) is 2. The Hall–Kier alpha value is -3.09. The average molecular weight is 355 g/mol. The number of rotatable bonds is 5. The van der Waals surface area contributed by atoms with Crippen molar-refractivity contribution < 1.29 is 18.7 Å². The standard InChI is InChI=1S/C19H21N3O4/c1-5-15-22-13-9-12(7-8-14(13)26-15)21-18(23)17-10(3)16(11(4)20-17)19(24)25-6-2/h7-9,20H,5-6H2,1-4H3,(H,21,23). The molecule has 0 fully saturated rings. The van der Waals surface area contributed by atoms with E-state index in [0.29, 0.717) is 51.6 Å². The van der Waals surface area contributed by atoms with E-state index in [-0.39, 0.29) is 12.5 Å². The summed E-state index contributed by atoms with van der Waals surface area (Å²) in [5.41, 5.74) is 3.86. The number of anilines is 1. The third-order valence-corrected chi connectivity index (χ3v) is 4.14. The van der Waals surface area contributed by atoms with Crippen molar-refractivity contribution in [3.05, 3.63) is 46.6 Å². The summed E-state index contributed by atoms with van der Waals surface area (Å²) in [6.45, 7) is 7.45. The van der Waals surface area contributed by atoms with Crippen LogP contribution in [0.4, 0.5) is 5.69 Å². The number of benzene rings is 1. The third-order valence-electron chi connectivity index (χ3n) is 4.14. The number of carbonyl (C=O) groups excluding carboxylic acids is 2. The van der Waals surface area contributed by atoms with E-state index in [0.717, 1.165) is 0 Å². The molecule has 0 saturated heterocycles. The maximum absolute atomic E-state index is 12.6. The first kappa shape index (κ1) is 17.7. The number of H-pyrrole nitrogens is 1.